The van der Waals surface area contributed by atoms with E-state index in [4.69, 9.17) is 9.47 Å². The van der Waals surface area contributed by atoms with Crippen molar-refractivity contribution in [3.05, 3.63) is 76.9 Å². The number of imidazole rings is 1. The molecular formula is C29H35N5O5. The van der Waals surface area contributed by atoms with Crippen molar-refractivity contribution in [2.45, 2.75) is 52.4 Å². The number of carbonyl (C=O) groups is 3. The number of nitrogens with one attached hydrogen (secondary N) is 2. The molecule has 0 fully saturated rings. The van der Waals surface area contributed by atoms with Gasteiger partial charge in [-0.2, -0.15) is 0 Å². The molecule has 3 amide bonds. The fraction of sp³-hybridized carbons (Fsp3) is 0.379. The highest BCUT2D eigenvalue weighted by Crippen LogP contribution is 2.30. The van der Waals surface area contributed by atoms with Gasteiger partial charge in [0.15, 0.2) is 5.69 Å². The van der Waals surface area contributed by atoms with Crippen LogP contribution in [-0.4, -0.2) is 58.5 Å². The van der Waals surface area contributed by atoms with Crippen LogP contribution in [0.2, 0.25) is 0 Å². The maximum atomic E-state index is 13.7. The molecule has 10 nitrogen and oxygen atoms in total. The Bertz CT molecular complexity index is 1370. The van der Waals surface area contributed by atoms with Crippen molar-refractivity contribution in [3.8, 4) is 11.5 Å². The minimum Gasteiger partial charge on any atom is -0.497 e. The molecule has 4 rings (SSSR count). The lowest BCUT2D eigenvalue weighted by Gasteiger charge is -2.43. The Morgan fingerprint density at radius 2 is 1.79 bits per heavy atom. The van der Waals surface area contributed by atoms with E-state index >= 15 is 0 Å². The number of aryl methyl sites for hydroxylation is 1. The molecule has 2 N–H and O–H groups in total. The zero-order valence-corrected chi connectivity index (χ0v) is 23.0. The molecule has 0 unspecified atom stereocenters. The number of fused-ring (bicyclic) bond motifs is 1. The summed E-state index contributed by atoms with van der Waals surface area (Å²) in [4.78, 5) is 46.2. The number of aromatic nitrogens is 2. The number of amides is 3. The Kier molecular flexibility index (Phi) is 8.23. The van der Waals surface area contributed by atoms with E-state index in [9.17, 15) is 14.4 Å². The van der Waals surface area contributed by atoms with Crippen molar-refractivity contribution in [3.63, 3.8) is 0 Å². The summed E-state index contributed by atoms with van der Waals surface area (Å²) >= 11 is 0. The van der Waals surface area contributed by atoms with Crippen LogP contribution in [0.4, 0.5) is 0 Å². The van der Waals surface area contributed by atoms with Gasteiger partial charge in [0.25, 0.3) is 11.8 Å². The highest BCUT2D eigenvalue weighted by atomic mass is 16.5. The third kappa shape index (κ3) is 5.59. The summed E-state index contributed by atoms with van der Waals surface area (Å²) in [6.07, 6.45) is 2.10. The third-order valence-corrected chi connectivity index (χ3v) is 7.02. The van der Waals surface area contributed by atoms with Gasteiger partial charge in [0.05, 0.1) is 27.1 Å². The van der Waals surface area contributed by atoms with Crippen LogP contribution in [0.25, 0.3) is 0 Å². The number of nitrogens with zero attached hydrogens (tertiary/aromatic N) is 3. The first-order valence-corrected chi connectivity index (χ1v) is 12.9. The lowest BCUT2D eigenvalue weighted by Crippen LogP contribution is -2.64. The van der Waals surface area contributed by atoms with Gasteiger partial charge in [-0.25, -0.2) is 4.98 Å². The van der Waals surface area contributed by atoms with Gasteiger partial charge in [0, 0.05) is 31.3 Å². The lowest BCUT2D eigenvalue weighted by atomic mass is 9.93. The number of benzene rings is 2. The van der Waals surface area contributed by atoms with E-state index in [0.717, 1.165) is 16.7 Å². The van der Waals surface area contributed by atoms with Crippen molar-refractivity contribution < 1.29 is 23.9 Å². The topological polar surface area (TPSA) is 115 Å². The first kappa shape index (κ1) is 27.7. The van der Waals surface area contributed by atoms with Crippen LogP contribution in [0, 0.1) is 6.92 Å². The molecule has 2 aromatic carbocycles. The number of hydrogen-bond acceptors (Lipinski definition) is 6. The number of ether oxygens (including phenoxy) is 2. The molecule has 1 aliphatic heterocycles. The van der Waals surface area contributed by atoms with Gasteiger partial charge in [-0.1, -0.05) is 36.8 Å². The summed E-state index contributed by atoms with van der Waals surface area (Å²) in [5.74, 6) is 0.0539. The molecule has 10 heteroatoms. The van der Waals surface area contributed by atoms with E-state index in [1.54, 1.807) is 48.8 Å². The normalized spacial score (nSPS) is 16.4. The van der Waals surface area contributed by atoms with E-state index in [-0.39, 0.29) is 30.4 Å². The molecule has 206 valence electrons. The Labute approximate surface area is 228 Å². The summed E-state index contributed by atoms with van der Waals surface area (Å²) < 4.78 is 12.2. The quantitative estimate of drug-likeness (QED) is 0.414. The van der Waals surface area contributed by atoms with Crippen molar-refractivity contribution in [1.82, 2.24) is 25.1 Å². The first-order chi connectivity index (χ1) is 18.7. The van der Waals surface area contributed by atoms with Gasteiger partial charge in [-0.15, -0.1) is 0 Å². The Hall–Kier alpha value is -4.34. The van der Waals surface area contributed by atoms with Gasteiger partial charge in [-0.05, 0) is 38.0 Å². The van der Waals surface area contributed by atoms with Gasteiger partial charge in [0.1, 0.15) is 22.7 Å². The van der Waals surface area contributed by atoms with Crippen LogP contribution in [0.1, 0.15) is 57.9 Å². The fourth-order valence-electron chi connectivity index (χ4n) is 4.76. The molecule has 0 aliphatic carbocycles. The average Bonchev–Trinajstić information content (AvgIpc) is 3.37. The second kappa shape index (κ2) is 11.6. The van der Waals surface area contributed by atoms with Crippen LogP contribution in [0.3, 0.4) is 0 Å². The number of rotatable bonds is 10. The predicted molar refractivity (Wildman–Crippen MR) is 146 cm³/mol. The molecule has 0 spiro atoms. The van der Waals surface area contributed by atoms with Gasteiger partial charge < -0.3 is 29.6 Å². The zero-order chi connectivity index (χ0) is 28.2. The van der Waals surface area contributed by atoms with Crippen molar-refractivity contribution in [2.24, 2.45) is 0 Å². The highest BCUT2D eigenvalue weighted by molar-refractivity contribution is 6.07. The van der Waals surface area contributed by atoms with Crippen LogP contribution in [0.5, 0.6) is 11.5 Å². The molecule has 39 heavy (non-hydrogen) atoms. The monoisotopic (exact) mass is 533 g/mol. The van der Waals surface area contributed by atoms with Crippen LogP contribution in [-0.2, 0) is 24.4 Å². The Balaban J connectivity index is 1.53. The Morgan fingerprint density at radius 1 is 1.05 bits per heavy atom. The smallest absolute Gasteiger partial charge is 0.273 e. The molecule has 3 aromatic rings. The minimum absolute atomic E-state index is 0.0238. The minimum atomic E-state index is -1.14. The van der Waals surface area contributed by atoms with E-state index in [1.807, 2.05) is 38.1 Å². The molecule has 1 atom stereocenters. The second-order valence-corrected chi connectivity index (χ2v) is 9.83. The number of methoxy groups -OCH3 is 2. The molecule has 0 bridgehead atoms. The maximum absolute atomic E-state index is 13.7. The Morgan fingerprint density at radius 3 is 2.46 bits per heavy atom. The van der Waals surface area contributed by atoms with Crippen LogP contribution >= 0.6 is 0 Å². The summed E-state index contributed by atoms with van der Waals surface area (Å²) in [7, 11) is 3.11. The summed E-state index contributed by atoms with van der Waals surface area (Å²) in [5, 5.41) is 5.82. The number of carbonyl (C=O) groups excluding carboxylic acids is 3. The van der Waals surface area contributed by atoms with Crippen molar-refractivity contribution >= 4 is 17.7 Å². The van der Waals surface area contributed by atoms with Crippen LogP contribution < -0.4 is 20.1 Å². The van der Waals surface area contributed by atoms with Crippen molar-refractivity contribution in [2.75, 3.05) is 20.8 Å². The summed E-state index contributed by atoms with van der Waals surface area (Å²) in [5.41, 5.74) is 1.91. The largest absolute Gasteiger partial charge is 0.497 e. The standard InChI is InChI=1S/C29H35N5O5/c1-6-13-34-27(36)25-24(26(35)30-16-21-11-12-22(38-4)14-23(21)39-5)32-18-33(25)17-29(34,3)28(37)31-15-20-9-7-19(2)8-10-20/h7-12,14,18H,6,13,15-17H2,1-5H3,(H,30,35)(H,31,37)/t29-/m1/s1. The first-order valence-electron chi connectivity index (χ1n) is 12.9. The van der Waals surface area contributed by atoms with E-state index in [0.29, 0.717) is 31.0 Å². The second-order valence-electron chi connectivity index (χ2n) is 9.83. The fourth-order valence-corrected chi connectivity index (χ4v) is 4.76. The molecule has 0 saturated heterocycles. The van der Waals surface area contributed by atoms with Crippen LogP contribution in [0.15, 0.2) is 48.8 Å². The molecular weight excluding hydrogens is 498 g/mol. The van der Waals surface area contributed by atoms with Crippen molar-refractivity contribution in [1.29, 1.82) is 0 Å². The SMILES string of the molecule is CCCN1C(=O)c2c(C(=O)NCc3ccc(OC)cc3OC)ncn2C[C@]1(C)C(=O)NCc1ccc(C)cc1. The van der Waals surface area contributed by atoms with E-state index in [1.165, 1.54) is 6.33 Å². The van der Waals surface area contributed by atoms with E-state index in [2.05, 4.69) is 15.6 Å². The average molecular weight is 534 g/mol. The predicted octanol–water partition coefficient (Wildman–Crippen LogP) is 3.08. The van der Waals surface area contributed by atoms with Gasteiger partial charge in [0.2, 0.25) is 5.91 Å². The zero-order valence-electron chi connectivity index (χ0n) is 23.0. The van der Waals surface area contributed by atoms with Gasteiger partial charge in [-0.3, -0.25) is 14.4 Å². The summed E-state index contributed by atoms with van der Waals surface area (Å²) in [6.45, 7) is 6.77. The molecule has 0 saturated carbocycles. The lowest BCUT2D eigenvalue weighted by molar-refractivity contribution is -0.133. The summed E-state index contributed by atoms with van der Waals surface area (Å²) in [6, 6.07) is 13.2. The molecule has 1 aliphatic rings. The molecule has 2 heterocycles. The van der Waals surface area contributed by atoms with Gasteiger partial charge >= 0.3 is 0 Å². The number of hydrogen-bond donors (Lipinski definition) is 2. The maximum Gasteiger partial charge on any atom is 0.273 e. The van der Waals surface area contributed by atoms with E-state index < -0.39 is 17.4 Å². The third-order valence-electron chi connectivity index (χ3n) is 7.02. The highest BCUT2D eigenvalue weighted by Gasteiger charge is 2.48. The molecule has 1 aromatic heterocycles. The molecule has 0 radical (unpaired) electrons.